The van der Waals surface area contributed by atoms with Gasteiger partial charge in [0.2, 0.25) is 0 Å². The summed E-state index contributed by atoms with van der Waals surface area (Å²) in [7, 11) is 0. The van der Waals surface area contributed by atoms with Crippen molar-refractivity contribution in [2.45, 2.75) is 39.2 Å². The van der Waals surface area contributed by atoms with Gasteiger partial charge in [-0.25, -0.2) is 0 Å². The topological polar surface area (TPSA) is 59.6 Å². The summed E-state index contributed by atoms with van der Waals surface area (Å²) in [5, 5.41) is 5.95. The van der Waals surface area contributed by atoms with Crippen molar-refractivity contribution in [3.63, 3.8) is 0 Å². The van der Waals surface area contributed by atoms with Crippen molar-refractivity contribution < 1.29 is 14.3 Å². The highest BCUT2D eigenvalue weighted by Crippen LogP contribution is 2.26. The van der Waals surface area contributed by atoms with Crippen LogP contribution in [0.25, 0.3) is 0 Å². The smallest absolute Gasteiger partial charge is 0.257 e. The van der Waals surface area contributed by atoms with E-state index in [-0.39, 0.29) is 11.0 Å². The maximum absolute atomic E-state index is 12.6. The number of carbonyl (C=O) groups excluding carboxylic acids is 1. The number of unbranched alkanes of at least 4 members (excludes halogenated alkanes) is 3. The van der Waals surface area contributed by atoms with Crippen molar-refractivity contribution in [1.29, 1.82) is 0 Å². The lowest BCUT2D eigenvalue weighted by atomic mass is 10.2. The van der Waals surface area contributed by atoms with E-state index in [2.05, 4.69) is 33.5 Å². The first-order valence-electron chi connectivity index (χ1n) is 11.4. The van der Waals surface area contributed by atoms with Gasteiger partial charge in [0.25, 0.3) is 5.91 Å². The van der Waals surface area contributed by atoms with Gasteiger partial charge in [-0.15, -0.1) is 0 Å². The maximum atomic E-state index is 12.6. The minimum Gasteiger partial charge on any atom is -0.492 e. The highest BCUT2D eigenvalue weighted by Gasteiger charge is 2.11. The third-order valence-electron chi connectivity index (χ3n) is 5.02. The molecule has 2 N–H and O–H groups in total. The lowest BCUT2D eigenvalue weighted by Crippen LogP contribution is -2.34. The van der Waals surface area contributed by atoms with Crippen molar-refractivity contribution in [3.8, 4) is 11.5 Å². The molecule has 7 heteroatoms. The quantitative estimate of drug-likeness (QED) is 0.200. The van der Waals surface area contributed by atoms with Gasteiger partial charge in [0, 0.05) is 17.3 Å². The molecule has 0 radical (unpaired) electrons. The zero-order chi connectivity index (χ0) is 24.2. The molecule has 34 heavy (non-hydrogen) atoms. The number of halogens is 1. The summed E-state index contributed by atoms with van der Waals surface area (Å²) in [5.41, 5.74) is 2.29. The lowest BCUT2D eigenvalue weighted by molar-refractivity contribution is 0.0977. The Morgan fingerprint density at radius 2 is 1.76 bits per heavy atom. The summed E-state index contributed by atoms with van der Waals surface area (Å²) < 4.78 is 12.4. The Bertz CT molecular complexity index is 1090. The molecule has 0 fully saturated rings. The fourth-order valence-electron chi connectivity index (χ4n) is 3.21. The molecule has 3 rings (SSSR count). The Hall–Kier alpha value is -2.90. The molecule has 0 heterocycles. The second kappa shape index (κ2) is 13.7. The minimum atomic E-state index is -0.302. The SMILES string of the molecule is CCCCCCOc1ccc(C(=O)NC(=S)Nc2cccc(OCc3ccccc3)c2)cc1Br. The third-order valence-corrected chi connectivity index (χ3v) is 5.84. The van der Waals surface area contributed by atoms with Crippen LogP contribution in [0.15, 0.2) is 77.3 Å². The maximum Gasteiger partial charge on any atom is 0.257 e. The van der Waals surface area contributed by atoms with Gasteiger partial charge in [0.1, 0.15) is 18.1 Å². The van der Waals surface area contributed by atoms with Crippen LogP contribution in [0.1, 0.15) is 48.5 Å². The van der Waals surface area contributed by atoms with E-state index in [0.717, 1.165) is 34.3 Å². The Kier molecular flexibility index (Phi) is 10.4. The van der Waals surface area contributed by atoms with Crippen LogP contribution in [0.2, 0.25) is 0 Å². The molecular weight excluding hydrogens is 512 g/mol. The standard InChI is InChI=1S/C27H29BrN2O3S/c1-2-3-4-8-16-32-25-15-14-21(17-24(25)28)26(31)30-27(34)29-22-12-9-13-23(18-22)33-19-20-10-6-5-7-11-20/h5-7,9-15,17-18H,2-4,8,16,19H2,1H3,(H2,29,30,31,34). The Labute approximate surface area is 215 Å². The van der Waals surface area contributed by atoms with E-state index < -0.39 is 0 Å². The first-order valence-corrected chi connectivity index (χ1v) is 12.6. The van der Waals surface area contributed by atoms with Crippen molar-refractivity contribution in [1.82, 2.24) is 5.32 Å². The predicted molar refractivity (Wildman–Crippen MR) is 145 cm³/mol. The molecule has 0 spiro atoms. The van der Waals surface area contributed by atoms with E-state index in [1.807, 2.05) is 54.6 Å². The largest absolute Gasteiger partial charge is 0.492 e. The number of hydrogen-bond donors (Lipinski definition) is 2. The van der Waals surface area contributed by atoms with Gasteiger partial charge in [-0.05, 0) is 70.5 Å². The van der Waals surface area contributed by atoms with Crippen LogP contribution in [-0.4, -0.2) is 17.6 Å². The highest BCUT2D eigenvalue weighted by atomic mass is 79.9. The van der Waals surface area contributed by atoms with Gasteiger partial charge in [-0.1, -0.05) is 62.6 Å². The molecule has 5 nitrogen and oxygen atoms in total. The number of anilines is 1. The summed E-state index contributed by atoms with van der Waals surface area (Å²) in [6.07, 6.45) is 4.57. The van der Waals surface area contributed by atoms with Gasteiger partial charge in [-0.2, -0.15) is 0 Å². The number of amides is 1. The van der Waals surface area contributed by atoms with Crippen LogP contribution >= 0.6 is 28.1 Å². The molecule has 0 atom stereocenters. The number of ether oxygens (including phenoxy) is 2. The fourth-order valence-corrected chi connectivity index (χ4v) is 3.92. The van der Waals surface area contributed by atoms with E-state index in [1.165, 1.54) is 12.8 Å². The Morgan fingerprint density at radius 3 is 2.53 bits per heavy atom. The Balaban J connectivity index is 1.49. The van der Waals surface area contributed by atoms with Crippen LogP contribution in [0.3, 0.4) is 0 Å². The zero-order valence-corrected chi connectivity index (χ0v) is 21.6. The number of nitrogens with one attached hydrogen (secondary N) is 2. The number of benzene rings is 3. The van der Waals surface area contributed by atoms with E-state index in [4.69, 9.17) is 21.7 Å². The molecule has 0 unspecified atom stereocenters. The van der Waals surface area contributed by atoms with E-state index in [1.54, 1.807) is 18.2 Å². The molecule has 0 aliphatic heterocycles. The average Bonchev–Trinajstić information content (AvgIpc) is 2.84. The summed E-state index contributed by atoms with van der Waals surface area (Å²) >= 11 is 8.82. The van der Waals surface area contributed by atoms with Crippen LogP contribution in [0.4, 0.5) is 5.69 Å². The summed E-state index contributed by atoms with van der Waals surface area (Å²) in [6.45, 7) is 3.31. The first kappa shape index (κ1) is 25.7. The second-order valence-corrected chi connectivity index (χ2v) is 9.03. The highest BCUT2D eigenvalue weighted by molar-refractivity contribution is 9.10. The predicted octanol–water partition coefficient (Wildman–Crippen LogP) is 7.11. The molecule has 0 saturated heterocycles. The molecule has 178 valence electrons. The first-order chi connectivity index (χ1) is 16.5. The van der Waals surface area contributed by atoms with Gasteiger partial charge in [0.15, 0.2) is 5.11 Å². The lowest BCUT2D eigenvalue weighted by Gasteiger charge is -2.13. The Morgan fingerprint density at radius 1 is 0.941 bits per heavy atom. The molecule has 0 aliphatic carbocycles. The number of thiocarbonyl (C=S) groups is 1. The number of hydrogen-bond acceptors (Lipinski definition) is 4. The molecule has 0 aliphatic rings. The van der Waals surface area contributed by atoms with Crippen LogP contribution in [0, 0.1) is 0 Å². The average molecular weight is 542 g/mol. The van der Waals surface area contributed by atoms with Gasteiger partial charge in [0.05, 0.1) is 11.1 Å². The number of carbonyl (C=O) groups is 1. The van der Waals surface area contributed by atoms with Crippen LogP contribution < -0.4 is 20.1 Å². The molecule has 3 aromatic carbocycles. The van der Waals surface area contributed by atoms with E-state index in [9.17, 15) is 4.79 Å². The number of rotatable bonds is 11. The molecule has 0 saturated carbocycles. The van der Waals surface area contributed by atoms with Crippen molar-refractivity contribution in [2.24, 2.45) is 0 Å². The van der Waals surface area contributed by atoms with Gasteiger partial charge < -0.3 is 14.8 Å². The molecule has 0 aromatic heterocycles. The zero-order valence-electron chi connectivity index (χ0n) is 19.2. The molecule has 3 aromatic rings. The second-order valence-electron chi connectivity index (χ2n) is 7.76. The summed E-state index contributed by atoms with van der Waals surface area (Å²) in [4.78, 5) is 12.6. The summed E-state index contributed by atoms with van der Waals surface area (Å²) in [6, 6.07) is 22.6. The van der Waals surface area contributed by atoms with Crippen molar-refractivity contribution in [3.05, 3.63) is 88.4 Å². The normalized spacial score (nSPS) is 10.4. The van der Waals surface area contributed by atoms with Gasteiger partial charge >= 0.3 is 0 Å². The van der Waals surface area contributed by atoms with Crippen molar-refractivity contribution >= 4 is 44.9 Å². The van der Waals surface area contributed by atoms with Crippen molar-refractivity contribution in [2.75, 3.05) is 11.9 Å². The van der Waals surface area contributed by atoms with Crippen LogP contribution in [-0.2, 0) is 6.61 Å². The monoisotopic (exact) mass is 540 g/mol. The van der Waals surface area contributed by atoms with Gasteiger partial charge in [-0.3, -0.25) is 10.1 Å². The van der Waals surface area contributed by atoms with Crippen LogP contribution in [0.5, 0.6) is 11.5 Å². The van der Waals surface area contributed by atoms with E-state index in [0.29, 0.717) is 24.5 Å². The molecule has 1 amide bonds. The molecular formula is C27H29BrN2O3S. The minimum absolute atomic E-state index is 0.206. The summed E-state index contributed by atoms with van der Waals surface area (Å²) in [5.74, 6) is 1.13. The van der Waals surface area contributed by atoms with E-state index >= 15 is 0 Å². The fraction of sp³-hybridized carbons (Fsp3) is 0.259. The molecule has 0 bridgehead atoms. The third kappa shape index (κ3) is 8.47.